The van der Waals surface area contributed by atoms with Gasteiger partial charge in [-0.05, 0) is 48.8 Å². The molecule has 134 valence electrons. The molecule has 1 spiro atoms. The number of carbonyl (C=O) groups excluding carboxylic acids is 1. The van der Waals surface area contributed by atoms with Gasteiger partial charge < -0.3 is 14.6 Å². The van der Waals surface area contributed by atoms with Crippen molar-refractivity contribution in [1.82, 2.24) is 9.88 Å². The number of hydrogen-bond donors (Lipinski definition) is 1. The standard InChI is InChI=1S/C21H22N2O3/c24-19-11-16(10-18(22-19)14-6-7-14)20(25)23-9-3-8-21(13-23)17-5-2-1-4-15(17)12-26-21/h1-2,4-5,10-11,14H,3,6-9,12-13H2,(H,22,24). The molecule has 2 aromatic rings. The highest BCUT2D eigenvalue weighted by Gasteiger charge is 2.44. The van der Waals surface area contributed by atoms with Gasteiger partial charge in [-0.25, -0.2) is 0 Å². The quantitative estimate of drug-likeness (QED) is 0.906. The molecule has 0 radical (unpaired) electrons. The summed E-state index contributed by atoms with van der Waals surface area (Å²) in [5.41, 5.74) is 3.24. The topological polar surface area (TPSA) is 62.4 Å². The fourth-order valence-electron chi connectivity index (χ4n) is 4.40. The van der Waals surface area contributed by atoms with Crippen molar-refractivity contribution in [2.75, 3.05) is 13.1 Å². The number of hydrogen-bond acceptors (Lipinski definition) is 3. The molecule has 1 saturated carbocycles. The van der Waals surface area contributed by atoms with E-state index in [1.807, 2.05) is 23.1 Å². The molecule has 1 aliphatic carbocycles. The molecule has 5 heteroatoms. The molecule has 1 aromatic heterocycles. The third-order valence-corrected chi connectivity index (χ3v) is 5.88. The number of fused-ring (bicyclic) bond motifs is 2. The summed E-state index contributed by atoms with van der Waals surface area (Å²) in [6, 6.07) is 11.6. The van der Waals surface area contributed by atoms with Crippen molar-refractivity contribution >= 4 is 5.91 Å². The molecule has 26 heavy (non-hydrogen) atoms. The van der Waals surface area contributed by atoms with E-state index >= 15 is 0 Å². The lowest BCUT2D eigenvalue weighted by molar-refractivity contribution is -0.0785. The first-order chi connectivity index (χ1) is 12.6. The van der Waals surface area contributed by atoms with Crippen LogP contribution in [0.1, 0.15) is 58.8 Å². The first-order valence-electron chi connectivity index (χ1n) is 9.40. The van der Waals surface area contributed by atoms with Crippen molar-refractivity contribution in [2.24, 2.45) is 0 Å². The number of aromatic nitrogens is 1. The van der Waals surface area contributed by atoms with Crippen molar-refractivity contribution < 1.29 is 9.53 Å². The lowest BCUT2D eigenvalue weighted by Gasteiger charge is -2.40. The van der Waals surface area contributed by atoms with Gasteiger partial charge in [0.15, 0.2) is 0 Å². The van der Waals surface area contributed by atoms with E-state index in [0.29, 0.717) is 31.2 Å². The van der Waals surface area contributed by atoms with Crippen LogP contribution in [0.15, 0.2) is 41.2 Å². The summed E-state index contributed by atoms with van der Waals surface area (Å²) in [4.78, 5) is 29.8. The second-order valence-corrected chi connectivity index (χ2v) is 7.73. The van der Waals surface area contributed by atoms with Gasteiger partial charge in [0.25, 0.3) is 5.91 Å². The Morgan fingerprint density at radius 2 is 2.08 bits per heavy atom. The molecule has 2 aliphatic heterocycles. The lowest BCUT2D eigenvalue weighted by atomic mass is 9.85. The largest absolute Gasteiger partial charge is 0.364 e. The summed E-state index contributed by atoms with van der Waals surface area (Å²) in [5.74, 6) is 0.346. The number of likely N-dealkylation sites (tertiary alicyclic amines) is 1. The number of piperidine rings is 1. The zero-order valence-corrected chi connectivity index (χ0v) is 14.7. The summed E-state index contributed by atoms with van der Waals surface area (Å²) < 4.78 is 6.20. The van der Waals surface area contributed by atoms with Crippen molar-refractivity contribution in [3.8, 4) is 0 Å². The van der Waals surface area contributed by atoms with Gasteiger partial charge in [-0.15, -0.1) is 0 Å². The second-order valence-electron chi connectivity index (χ2n) is 7.73. The van der Waals surface area contributed by atoms with Crippen LogP contribution in [-0.4, -0.2) is 28.9 Å². The second kappa shape index (κ2) is 5.81. The maximum Gasteiger partial charge on any atom is 0.254 e. The van der Waals surface area contributed by atoms with Crippen LogP contribution in [0.3, 0.4) is 0 Å². The zero-order chi connectivity index (χ0) is 17.7. The van der Waals surface area contributed by atoms with Crippen LogP contribution in [0.5, 0.6) is 0 Å². The number of ether oxygens (including phenoxy) is 1. The average Bonchev–Trinajstić information content (AvgIpc) is 3.46. The number of nitrogens with zero attached hydrogens (tertiary/aromatic N) is 1. The summed E-state index contributed by atoms with van der Waals surface area (Å²) >= 11 is 0. The fourth-order valence-corrected chi connectivity index (χ4v) is 4.40. The van der Waals surface area contributed by atoms with Gasteiger partial charge in [-0.1, -0.05) is 24.3 Å². The highest BCUT2D eigenvalue weighted by atomic mass is 16.5. The number of amides is 1. The Bertz CT molecular complexity index is 927. The molecule has 1 amide bonds. The first-order valence-corrected chi connectivity index (χ1v) is 9.40. The predicted octanol–water partition coefficient (Wildman–Crippen LogP) is 2.91. The van der Waals surface area contributed by atoms with Crippen molar-refractivity contribution in [3.63, 3.8) is 0 Å². The molecule has 5 nitrogen and oxygen atoms in total. The summed E-state index contributed by atoms with van der Waals surface area (Å²) in [6.45, 7) is 1.86. The molecule has 1 atom stereocenters. The van der Waals surface area contributed by atoms with Crippen LogP contribution in [-0.2, 0) is 16.9 Å². The molecule has 2 fully saturated rings. The number of nitrogens with one attached hydrogen (secondary N) is 1. The number of pyridine rings is 1. The molecular weight excluding hydrogens is 328 g/mol. The minimum absolute atomic E-state index is 0.0648. The molecule has 1 unspecified atom stereocenters. The van der Waals surface area contributed by atoms with E-state index in [4.69, 9.17) is 4.74 Å². The van der Waals surface area contributed by atoms with Crippen LogP contribution < -0.4 is 5.56 Å². The predicted molar refractivity (Wildman–Crippen MR) is 97.1 cm³/mol. The van der Waals surface area contributed by atoms with Gasteiger partial charge in [0.1, 0.15) is 5.60 Å². The Balaban J connectivity index is 1.44. The number of H-pyrrole nitrogens is 1. The van der Waals surface area contributed by atoms with Crippen LogP contribution in [0.25, 0.3) is 0 Å². The SMILES string of the molecule is O=C(c1cc(C2CC2)[nH]c(=O)c1)N1CCCC2(C1)OCc1ccccc12. The average molecular weight is 350 g/mol. The smallest absolute Gasteiger partial charge is 0.254 e. The Morgan fingerprint density at radius 1 is 1.23 bits per heavy atom. The summed E-state index contributed by atoms with van der Waals surface area (Å²) in [6.07, 6.45) is 4.01. The highest BCUT2D eigenvalue weighted by Crippen LogP contribution is 2.43. The molecule has 3 aliphatic rings. The van der Waals surface area contributed by atoms with E-state index in [-0.39, 0.29) is 11.5 Å². The van der Waals surface area contributed by atoms with Crippen LogP contribution in [0.2, 0.25) is 0 Å². The number of rotatable bonds is 2. The molecule has 5 rings (SSSR count). The Hall–Kier alpha value is -2.40. The number of benzene rings is 1. The normalized spacial score (nSPS) is 24.7. The molecule has 1 saturated heterocycles. The Labute approximate surface area is 152 Å². The number of carbonyl (C=O) groups is 1. The van der Waals surface area contributed by atoms with Crippen LogP contribution in [0.4, 0.5) is 0 Å². The van der Waals surface area contributed by atoms with E-state index in [2.05, 4.69) is 17.1 Å². The Morgan fingerprint density at radius 3 is 2.92 bits per heavy atom. The van der Waals surface area contributed by atoms with E-state index in [1.54, 1.807) is 0 Å². The maximum atomic E-state index is 13.1. The van der Waals surface area contributed by atoms with Crippen LogP contribution >= 0.6 is 0 Å². The molecule has 1 aromatic carbocycles. The Kier molecular flexibility index (Phi) is 3.54. The molecule has 1 N–H and O–H groups in total. The van der Waals surface area contributed by atoms with Gasteiger partial charge >= 0.3 is 0 Å². The fraction of sp³-hybridized carbons (Fsp3) is 0.429. The first kappa shape index (κ1) is 15.8. The number of aromatic amines is 1. The summed E-state index contributed by atoms with van der Waals surface area (Å²) in [5, 5.41) is 0. The van der Waals surface area contributed by atoms with Crippen molar-refractivity contribution in [3.05, 3.63) is 69.1 Å². The van der Waals surface area contributed by atoms with E-state index in [0.717, 1.165) is 31.4 Å². The highest BCUT2D eigenvalue weighted by molar-refractivity contribution is 5.94. The van der Waals surface area contributed by atoms with E-state index < -0.39 is 5.60 Å². The third kappa shape index (κ3) is 2.58. The van der Waals surface area contributed by atoms with Gasteiger partial charge in [0.05, 0.1) is 13.2 Å². The van der Waals surface area contributed by atoms with Crippen molar-refractivity contribution in [1.29, 1.82) is 0 Å². The van der Waals surface area contributed by atoms with Gasteiger partial charge in [-0.3, -0.25) is 9.59 Å². The summed E-state index contributed by atoms with van der Waals surface area (Å²) in [7, 11) is 0. The minimum Gasteiger partial charge on any atom is -0.364 e. The van der Waals surface area contributed by atoms with E-state index in [9.17, 15) is 9.59 Å². The van der Waals surface area contributed by atoms with Gasteiger partial charge in [-0.2, -0.15) is 0 Å². The van der Waals surface area contributed by atoms with Gasteiger partial charge in [0.2, 0.25) is 5.56 Å². The monoisotopic (exact) mass is 350 g/mol. The zero-order valence-electron chi connectivity index (χ0n) is 14.7. The van der Waals surface area contributed by atoms with Crippen molar-refractivity contribution in [2.45, 2.75) is 43.8 Å². The maximum absolute atomic E-state index is 13.1. The molecular formula is C21H22N2O3. The molecule has 0 bridgehead atoms. The minimum atomic E-state index is -0.398. The van der Waals surface area contributed by atoms with E-state index in [1.165, 1.54) is 17.2 Å². The third-order valence-electron chi connectivity index (χ3n) is 5.88. The lowest BCUT2D eigenvalue weighted by Crippen LogP contribution is -2.48. The van der Waals surface area contributed by atoms with Gasteiger partial charge in [0, 0.05) is 23.9 Å². The molecule has 3 heterocycles. The van der Waals surface area contributed by atoms with Crippen LogP contribution in [0, 0.1) is 0 Å².